The second kappa shape index (κ2) is 5.92. The average Bonchev–Trinajstić information content (AvgIpc) is 2.90. The van der Waals surface area contributed by atoms with Gasteiger partial charge in [0.15, 0.2) is 0 Å². The summed E-state index contributed by atoms with van der Waals surface area (Å²) < 4.78 is 45.7. The molecule has 0 aliphatic heterocycles. The Morgan fingerprint density at radius 2 is 2.00 bits per heavy atom. The lowest BCUT2D eigenvalue weighted by Gasteiger charge is -2.11. The predicted octanol–water partition coefficient (Wildman–Crippen LogP) is 3.67. The van der Waals surface area contributed by atoms with Gasteiger partial charge in [0, 0.05) is 10.9 Å². The smallest absolute Gasteiger partial charge is 0.417 e. The van der Waals surface area contributed by atoms with Crippen LogP contribution in [0.3, 0.4) is 0 Å². The van der Waals surface area contributed by atoms with Gasteiger partial charge in [-0.1, -0.05) is 12.1 Å². The number of primary amides is 1. The Kier molecular flexibility index (Phi) is 4.03. The van der Waals surface area contributed by atoms with Crippen LogP contribution in [0.2, 0.25) is 0 Å². The maximum atomic E-state index is 13.5. The van der Waals surface area contributed by atoms with Crippen molar-refractivity contribution in [2.24, 2.45) is 5.73 Å². The van der Waals surface area contributed by atoms with E-state index in [2.05, 4.69) is 4.98 Å². The molecule has 2 aromatic heterocycles. The number of halogens is 3. The number of thiophene rings is 1. The number of methoxy groups -OCH3 is 1. The fourth-order valence-electron chi connectivity index (χ4n) is 2.46. The first-order valence-electron chi connectivity index (χ1n) is 6.96. The molecule has 1 aromatic carbocycles. The number of rotatable bonds is 3. The van der Waals surface area contributed by atoms with Crippen LogP contribution in [0, 0.1) is 0 Å². The van der Waals surface area contributed by atoms with Gasteiger partial charge in [0.25, 0.3) is 5.91 Å². The van der Waals surface area contributed by atoms with Crippen molar-refractivity contribution < 1.29 is 22.7 Å². The minimum atomic E-state index is -4.67. The molecule has 1 amide bonds. The number of nitrogen functional groups attached to an aromatic ring is 1. The molecule has 9 heteroatoms. The number of ether oxygens (including phenoxy) is 1. The third-order valence-electron chi connectivity index (χ3n) is 3.59. The van der Waals surface area contributed by atoms with Gasteiger partial charge in [0.2, 0.25) is 0 Å². The number of amides is 1. The number of hydrogen-bond donors (Lipinski definition) is 2. The molecule has 130 valence electrons. The van der Waals surface area contributed by atoms with Crippen molar-refractivity contribution in [2.45, 2.75) is 6.18 Å². The van der Waals surface area contributed by atoms with Crippen molar-refractivity contribution in [3.05, 3.63) is 40.8 Å². The molecule has 0 unspecified atom stereocenters. The fraction of sp³-hybridized carbons (Fsp3) is 0.125. The molecule has 5 nitrogen and oxygen atoms in total. The monoisotopic (exact) mass is 367 g/mol. The maximum absolute atomic E-state index is 13.5. The van der Waals surface area contributed by atoms with Gasteiger partial charge >= 0.3 is 6.18 Å². The molecule has 3 rings (SSSR count). The van der Waals surface area contributed by atoms with E-state index < -0.39 is 17.6 Å². The van der Waals surface area contributed by atoms with Crippen LogP contribution in [0.4, 0.5) is 18.9 Å². The van der Waals surface area contributed by atoms with E-state index in [-0.39, 0.29) is 26.5 Å². The van der Waals surface area contributed by atoms with Crippen molar-refractivity contribution in [1.29, 1.82) is 0 Å². The van der Waals surface area contributed by atoms with Gasteiger partial charge in [-0.3, -0.25) is 4.79 Å². The number of anilines is 1. The van der Waals surface area contributed by atoms with E-state index in [0.717, 1.165) is 17.4 Å². The number of nitrogens with zero attached hydrogens (tertiary/aromatic N) is 1. The van der Waals surface area contributed by atoms with E-state index in [1.54, 1.807) is 24.3 Å². The molecule has 0 spiro atoms. The largest absolute Gasteiger partial charge is 0.497 e. The van der Waals surface area contributed by atoms with Gasteiger partial charge < -0.3 is 16.2 Å². The molecule has 0 saturated heterocycles. The molecule has 0 aliphatic rings. The zero-order chi connectivity index (χ0) is 18.4. The summed E-state index contributed by atoms with van der Waals surface area (Å²) in [6.07, 6.45) is -4.67. The van der Waals surface area contributed by atoms with E-state index in [4.69, 9.17) is 16.2 Å². The van der Waals surface area contributed by atoms with Crippen molar-refractivity contribution in [2.75, 3.05) is 12.8 Å². The topological polar surface area (TPSA) is 91.2 Å². The van der Waals surface area contributed by atoms with Crippen LogP contribution >= 0.6 is 11.3 Å². The first-order chi connectivity index (χ1) is 11.7. The fourth-order valence-corrected chi connectivity index (χ4v) is 3.43. The van der Waals surface area contributed by atoms with E-state index in [0.29, 0.717) is 11.3 Å². The Morgan fingerprint density at radius 3 is 2.60 bits per heavy atom. The highest BCUT2D eigenvalue weighted by Gasteiger charge is 2.36. The Balaban J connectivity index is 2.34. The lowest BCUT2D eigenvalue weighted by molar-refractivity contribution is -0.136. The van der Waals surface area contributed by atoms with Crippen LogP contribution in [-0.4, -0.2) is 18.0 Å². The van der Waals surface area contributed by atoms with Crippen molar-refractivity contribution in [3.8, 4) is 17.0 Å². The van der Waals surface area contributed by atoms with Gasteiger partial charge in [0.05, 0.1) is 24.1 Å². The molecule has 4 N–H and O–H groups in total. The quantitative estimate of drug-likeness (QED) is 0.739. The number of nitrogens with two attached hydrogens (primary N) is 2. The SMILES string of the molecule is COc1cccc(-c2cc(C(F)(F)F)c3c(N)c(C(N)=O)sc3n2)c1. The molecule has 0 bridgehead atoms. The van der Waals surface area contributed by atoms with Gasteiger partial charge in [-0.25, -0.2) is 4.98 Å². The third-order valence-corrected chi connectivity index (χ3v) is 4.71. The summed E-state index contributed by atoms with van der Waals surface area (Å²) in [6.45, 7) is 0. The van der Waals surface area contributed by atoms with Crippen LogP contribution < -0.4 is 16.2 Å². The molecule has 0 saturated carbocycles. The highest BCUT2D eigenvalue weighted by molar-refractivity contribution is 7.21. The van der Waals surface area contributed by atoms with E-state index >= 15 is 0 Å². The van der Waals surface area contributed by atoms with Gasteiger partial charge in [0.1, 0.15) is 15.5 Å². The van der Waals surface area contributed by atoms with Crippen molar-refractivity contribution in [1.82, 2.24) is 4.98 Å². The normalized spacial score (nSPS) is 11.7. The van der Waals surface area contributed by atoms with E-state index in [1.165, 1.54) is 7.11 Å². The number of alkyl halides is 3. The zero-order valence-electron chi connectivity index (χ0n) is 12.8. The van der Waals surface area contributed by atoms with Crippen LogP contribution in [0.1, 0.15) is 15.2 Å². The summed E-state index contributed by atoms with van der Waals surface area (Å²) in [5, 5.41) is -0.307. The van der Waals surface area contributed by atoms with Crippen molar-refractivity contribution >= 4 is 33.1 Å². The van der Waals surface area contributed by atoms with Crippen molar-refractivity contribution in [3.63, 3.8) is 0 Å². The Labute approximate surface area is 144 Å². The second-order valence-corrected chi connectivity index (χ2v) is 6.17. The van der Waals surface area contributed by atoms with Crippen LogP contribution in [0.5, 0.6) is 5.75 Å². The van der Waals surface area contributed by atoms with Crippen LogP contribution in [0.15, 0.2) is 30.3 Å². The lowest BCUT2D eigenvalue weighted by atomic mass is 10.1. The maximum Gasteiger partial charge on any atom is 0.417 e. The summed E-state index contributed by atoms with van der Waals surface area (Å²) in [5.41, 5.74) is 10.2. The molecule has 3 aromatic rings. The summed E-state index contributed by atoms with van der Waals surface area (Å²) in [6, 6.07) is 7.40. The first kappa shape index (κ1) is 17.0. The number of benzene rings is 1. The summed E-state index contributed by atoms with van der Waals surface area (Å²) in [4.78, 5) is 15.5. The van der Waals surface area contributed by atoms with Gasteiger partial charge in [-0.2, -0.15) is 13.2 Å². The zero-order valence-corrected chi connectivity index (χ0v) is 13.7. The number of carbonyl (C=O) groups excluding carboxylic acids is 1. The molecular weight excluding hydrogens is 355 g/mol. The number of hydrogen-bond acceptors (Lipinski definition) is 5. The highest BCUT2D eigenvalue weighted by Crippen LogP contribution is 2.43. The number of carbonyl (C=O) groups is 1. The summed E-state index contributed by atoms with van der Waals surface area (Å²) in [5.74, 6) is -0.409. The highest BCUT2D eigenvalue weighted by atomic mass is 32.1. The molecule has 0 radical (unpaired) electrons. The minimum Gasteiger partial charge on any atom is -0.497 e. The molecular formula is C16H12F3N3O2S. The summed E-state index contributed by atoms with van der Waals surface area (Å²) >= 11 is 0.739. The number of aromatic nitrogens is 1. The molecule has 0 fully saturated rings. The molecule has 2 heterocycles. The van der Waals surface area contributed by atoms with Crippen LogP contribution in [-0.2, 0) is 6.18 Å². The standard InChI is InChI=1S/C16H12F3N3O2S/c1-24-8-4-2-3-7(5-8)10-6-9(16(17,18)19)11-12(20)13(14(21)23)25-15(11)22-10/h2-6H,20H2,1H3,(H2,21,23). The number of fused-ring (bicyclic) bond motifs is 1. The van der Waals surface area contributed by atoms with Gasteiger partial charge in [-0.05, 0) is 18.2 Å². The average molecular weight is 367 g/mol. The van der Waals surface area contributed by atoms with E-state index in [9.17, 15) is 18.0 Å². The predicted molar refractivity (Wildman–Crippen MR) is 89.5 cm³/mol. The number of pyridine rings is 1. The third kappa shape index (κ3) is 2.98. The Bertz CT molecular complexity index is 983. The van der Waals surface area contributed by atoms with Crippen LogP contribution in [0.25, 0.3) is 21.5 Å². The first-order valence-corrected chi connectivity index (χ1v) is 7.78. The lowest BCUT2D eigenvalue weighted by Crippen LogP contribution is -2.11. The second-order valence-electron chi connectivity index (χ2n) is 5.17. The Hall–Kier alpha value is -2.81. The molecule has 0 atom stereocenters. The summed E-state index contributed by atoms with van der Waals surface area (Å²) in [7, 11) is 1.45. The molecule has 25 heavy (non-hydrogen) atoms. The van der Waals surface area contributed by atoms with E-state index in [1.807, 2.05) is 0 Å². The Morgan fingerprint density at radius 1 is 1.28 bits per heavy atom. The van der Waals surface area contributed by atoms with Gasteiger partial charge in [-0.15, -0.1) is 11.3 Å². The molecule has 0 aliphatic carbocycles. The minimum absolute atomic E-state index is 0.000977.